The molecule has 0 radical (unpaired) electrons. The molecule has 0 amide bonds. The van der Waals surface area contributed by atoms with Crippen LogP contribution >= 0.6 is 0 Å². The van der Waals surface area contributed by atoms with Crippen LogP contribution in [0.4, 0.5) is 34.1 Å². The summed E-state index contributed by atoms with van der Waals surface area (Å²) in [5, 5.41) is -2.03. The van der Waals surface area contributed by atoms with E-state index in [0.717, 1.165) is 0 Å². The van der Waals surface area contributed by atoms with Crippen molar-refractivity contribution < 1.29 is 32.9 Å². The molecule has 0 saturated carbocycles. The van der Waals surface area contributed by atoms with E-state index in [0.29, 0.717) is 11.1 Å². The molecule has 4 aromatic heterocycles. The molecule has 0 aliphatic carbocycles. The van der Waals surface area contributed by atoms with E-state index in [-0.39, 0.29) is 98.9 Å². The van der Waals surface area contributed by atoms with Gasteiger partial charge in [-0.15, -0.1) is 0 Å². The van der Waals surface area contributed by atoms with Gasteiger partial charge in [0.15, 0.2) is 0 Å². The molecule has 0 aliphatic heterocycles. The van der Waals surface area contributed by atoms with Crippen molar-refractivity contribution >= 4 is 110 Å². The molecule has 4 nitrogen and oxygen atoms in total. The zero-order valence-electron chi connectivity index (χ0n) is 55.4. The summed E-state index contributed by atoms with van der Waals surface area (Å²) in [6.45, 7) is 3.31. The van der Waals surface area contributed by atoms with Gasteiger partial charge >= 0.3 is 0 Å². The maximum absolute atomic E-state index is 10.5. The molecule has 13 rings (SSSR count). The Labute approximate surface area is 380 Å². The molecule has 282 valence electrons. The number of aryl methyl sites for hydroxylation is 2. The molecule has 0 spiro atoms. The van der Waals surface area contributed by atoms with Crippen molar-refractivity contribution in [3.05, 3.63) is 205 Å². The lowest BCUT2D eigenvalue weighted by Gasteiger charge is -2.28. The Balaban J connectivity index is 1.31. The van der Waals surface area contributed by atoms with Crippen LogP contribution in [0.25, 0.3) is 76.2 Å². The quantitative estimate of drug-likeness (QED) is 0.167. The molecule has 4 heteroatoms. The first-order chi connectivity index (χ1) is 39.6. The smallest absolute Gasteiger partial charge is 0.0653 e. The van der Waals surface area contributed by atoms with Gasteiger partial charge in [0.25, 0.3) is 0 Å². The number of hydrogen-bond donors (Lipinski definition) is 0. The molecule has 4 heterocycles. The van der Waals surface area contributed by atoms with Crippen LogP contribution in [0.3, 0.4) is 0 Å². The highest BCUT2D eigenvalue weighted by atomic mass is 15.2. The van der Waals surface area contributed by atoms with E-state index in [1.54, 1.807) is 62.4 Å². The molecule has 0 fully saturated rings. The number of fused-ring (bicyclic) bond motifs is 12. The lowest BCUT2D eigenvalue weighted by Crippen LogP contribution is -2.11. The van der Waals surface area contributed by atoms with Crippen molar-refractivity contribution in [3.63, 3.8) is 0 Å². The molecule has 0 atom stereocenters. The van der Waals surface area contributed by atoms with Gasteiger partial charge in [-0.25, -0.2) is 0 Å². The SMILES string of the molecule is [2H]c1c([2H])c([2H])c(N(c2ccccc2C)c2c([2H])c([2H])c3c4c([2H])c5c(c([2H])c4n4c6c([2H])c([2H])c([2H])c([2H])c6c2c34)c2c([2H])c([2H])c(N(c3ccccc3C)c3c([2H])c([2H])c([2H])c([2H])c3[2H])c3c4c([2H])c([2H])c([2H])c([2H])c4n5c23)c([2H])c1[2H]. The number of benzene rings is 9. The van der Waals surface area contributed by atoms with Gasteiger partial charge in [0.1, 0.15) is 0 Å². The molecule has 13 aromatic rings. The second-order valence-electron chi connectivity index (χ2n) is 14.4. The summed E-state index contributed by atoms with van der Waals surface area (Å²) in [6, 6.07) is -4.11. The minimum absolute atomic E-state index is 0.142. The maximum atomic E-state index is 10.5. The van der Waals surface area contributed by atoms with E-state index in [9.17, 15) is 19.2 Å². The predicted molar refractivity (Wildman–Crippen MR) is 255 cm³/mol. The van der Waals surface area contributed by atoms with E-state index in [1.807, 2.05) is 0 Å². The summed E-state index contributed by atoms with van der Waals surface area (Å²) in [5.74, 6) is 0. The van der Waals surface area contributed by atoms with Crippen molar-refractivity contribution in [2.75, 3.05) is 9.80 Å². The summed E-state index contributed by atoms with van der Waals surface area (Å²) in [6.07, 6.45) is 0. The summed E-state index contributed by atoms with van der Waals surface area (Å²) in [5.41, 5.74) is -2.08. The Kier molecular flexibility index (Phi) is 3.62. The zero-order valence-corrected chi connectivity index (χ0v) is 31.4. The standard InChI is InChI=1S/C56H38N4/c1-35-17-9-13-25-45(35)57(37-19-5-3-6-20-37)49-31-29-39-43-33-52-44(34-51(43)59-47-27-15-11-23-41(47)53(49)55(39)59)40-30-32-50(54-42-24-12-16-28-48(42)60(52)56(40)54)58(38-21-7-4-8-22-38)46-26-14-10-18-36(46)2/h3-34H,1-2H3/i3D,4D,5D,6D,7D,8D,11D,12D,15D,16D,19D,20D,21D,22D,23D,24D,27D,28D,29D,30D,31D,32D,33D,34D. The van der Waals surface area contributed by atoms with Gasteiger partial charge < -0.3 is 18.6 Å². The van der Waals surface area contributed by atoms with E-state index < -0.39 is 156 Å². The Hall–Kier alpha value is -7.82. The van der Waals surface area contributed by atoms with Gasteiger partial charge in [0, 0.05) is 65.8 Å². The fraction of sp³-hybridized carbons (Fsp3) is 0.0357. The van der Waals surface area contributed by atoms with Crippen molar-refractivity contribution in [1.82, 2.24) is 8.80 Å². The van der Waals surface area contributed by atoms with Gasteiger partial charge in [0.2, 0.25) is 0 Å². The molecule has 0 unspecified atom stereocenters. The van der Waals surface area contributed by atoms with Crippen molar-refractivity contribution in [2.45, 2.75) is 13.8 Å². The Morgan fingerprint density at radius 3 is 1.20 bits per heavy atom. The van der Waals surface area contributed by atoms with E-state index >= 15 is 0 Å². The fourth-order valence-electron chi connectivity index (χ4n) is 8.78. The highest BCUT2D eigenvalue weighted by molar-refractivity contribution is 6.32. The maximum Gasteiger partial charge on any atom is 0.0653 e. The van der Waals surface area contributed by atoms with Crippen LogP contribution in [0.15, 0.2) is 194 Å². The average Bonchev–Trinajstić information content (AvgIpc) is 1.50. The fourth-order valence-corrected chi connectivity index (χ4v) is 8.78. The highest BCUT2D eigenvalue weighted by Crippen LogP contribution is 2.51. The number of rotatable bonds is 6. The van der Waals surface area contributed by atoms with Gasteiger partial charge in [-0.1, -0.05) is 121 Å². The lowest BCUT2D eigenvalue weighted by molar-refractivity contribution is 1.26. The molecule has 60 heavy (non-hydrogen) atoms. The summed E-state index contributed by atoms with van der Waals surface area (Å²) in [7, 11) is 0. The number of anilines is 6. The van der Waals surface area contributed by atoms with Crippen molar-refractivity contribution in [3.8, 4) is 0 Å². The average molecular weight is 791 g/mol. The van der Waals surface area contributed by atoms with Crippen LogP contribution in [0, 0.1) is 13.8 Å². The number of hydrogen-bond acceptors (Lipinski definition) is 2. The topological polar surface area (TPSA) is 15.3 Å². The third-order valence-corrected chi connectivity index (χ3v) is 11.3. The van der Waals surface area contributed by atoms with Crippen LogP contribution in [0.2, 0.25) is 0 Å². The number of para-hydroxylation sites is 6. The minimum Gasteiger partial charge on any atom is -0.310 e. The first-order valence-corrected chi connectivity index (χ1v) is 18.8. The van der Waals surface area contributed by atoms with E-state index in [4.69, 9.17) is 13.7 Å². The monoisotopic (exact) mass is 790 g/mol. The van der Waals surface area contributed by atoms with E-state index in [2.05, 4.69) is 0 Å². The normalized spacial score (nSPS) is 17.8. The molecule has 0 N–H and O–H groups in total. The highest BCUT2D eigenvalue weighted by Gasteiger charge is 2.28. The molecular weight excluding hydrogens is 729 g/mol. The van der Waals surface area contributed by atoms with Crippen LogP contribution in [0.1, 0.15) is 44.0 Å². The van der Waals surface area contributed by atoms with Crippen LogP contribution < -0.4 is 9.80 Å². The zero-order chi connectivity index (χ0) is 60.5. The van der Waals surface area contributed by atoms with Gasteiger partial charge in [0.05, 0.1) is 77.4 Å². The number of aromatic nitrogens is 2. The van der Waals surface area contributed by atoms with Crippen LogP contribution in [-0.2, 0) is 0 Å². The molecule has 0 saturated heterocycles. The second kappa shape index (κ2) is 12.3. The third-order valence-electron chi connectivity index (χ3n) is 11.3. The van der Waals surface area contributed by atoms with Gasteiger partial charge in [-0.3, -0.25) is 0 Å². The molecule has 0 bridgehead atoms. The van der Waals surface area contributed by atoms with Gasteiger partial charge in [-0.05, 0) is 97.5 Å². The Morgan fingerprint density at radius 2 is 0.767 bits per heavy atom. The molecule has 0 aliphatic rings. The lowest BCUT2D eigenvalue weighted by atomic mass is 10.0. The van der Waals surface area contributed by atoms with E-state index in [1.165, 1.54) is 18.6 Å². The minimum atomic E-state index is -0.756. The molecule has 9 aromatic carbocycles. The Morgan fingerprint density at radius 1 is 0.367 bits per heavy atom. The number of nitrogens with zero attached hydrogens (tertiary/aromatic N) is 4. The summed E-state index contributed by atoms with van der Waals surface area (Å²) >= 11 is 0. The molecular formula is C56H38N4. The van der Waals surface area contributed by atoms with Crippen molar-refractivity contribution in [1.29, 1.82) is 0 Å². The van der Waals surface area contributed by atoms with Crippen molar-refractivity contribution in [2.24, 2.45) is 0 Å². The second-order valence-corrected chi connectivity index (χ2v) is 14.4. The summed E-state index contributed by atoms with van der Waals surface area (Å²) in [4.78, 5) is 2.37. The predicted octanol–water partition coefficient (Wildman–Crippen LogP) is 15.5. The summed E-state index contributed by atoms with van der Waals surface area (Å²) < 4.78 is 227. The first kappa shape index (κ1) is 17.6. The first-order valence-electron chi connectivity index (χ1n) is 30.8. The largest absolute Gasteiger partial charge is 0.310 e. The third kappa shape index (κ3) is 4.39. The van der Waals surface area contributed by atoms with Crippen LogP contribution in [0.5, 0.6) is 0 Å². The Bertz CT molecular complexity index is 4860. The van der Waals surface area contributed by atoms with Gasteiger partial charge in [-0.2, -0.15) is 0 Å². The van der Waals surface area contributed by atoms with Crippen LogP contribution in [-0.4, -0.2) is 8.80 Å².